The van der Waals surface area contributed by atoms with E-state index in [4.69, 9.17) is 9.47 Å². The van der Waals surface area contributed by atoms with Crippen molar-refractivity contribution in [2.75, 3.05) is 23.4 Å². The number of anilines is 2. The van der Waals surface area contributed by atoms with Crippen LogP contribution in [-0.4, -0.2) is 41.2 Å². The number of carbonyl (C=O) groups excluding carboxylic acids is 3. The molecule has 3 fully saturated rings. The molecule has 9 nitrogen and oxygen atoms in total. The molecule has 3 heterocycles. The van der Waals surface area contributed by atoms with E-state index in [-0.39, 0.29) is 70.0 Å². The fourth-order valence-corrected chi connectivity index (χ4v) is 11.3. The van der Waals surface area contributed by atoms with E-state index in [2.05, 4.69) is 10.3 Å². The number of benzene rings is 3. The lowest BCUT2D eigenvalue weighted by atomic mass is 9.68. The summed E-state index contributed by atoms with van der Waals surface area (Å²) in [6.07, 6.45) is 0.809. The zero-order valence-corrected chi connectivity index (χ0v) is 27.4. The van der Waals surface area contributed by atoms with Gasteiger partial charge in [-0.3, -0.25) is 24.1 Å². The molecule has 0 radical (unpaired) electrons. The molecule has 1 aromatic heterocycles. The molecule has 7 atom stereocenters. The number of para-hydroxylation sites is 1. The molecule has 1 saturated heterocycles. The molecule has 4 aliphatic rings. The normalized spacial score (nSPS) is 26.9. The van der Waals surface area contributed by atoms with Crippen molar-refractivity contribution in [3.63, 3.8) is 0 Å². The number of imide groups is 1. The van der Waals surface area contributed by atoms with Crippen LogP contribution in [0.5, 0.6) is 11.5 Å². The quantitative estimate of drug-likeness (QED) is 0.227. The third kappa shape index (κ3) is 4.98. The van der Waals surface area contributed by atoms with Crippen molar-refractivity contribution in [3.8, 4) is 11.5 Å². The van der Waals surface area contributed by atoms with E-state index in [9.17, 15) is 19.2 Å². The van der Waals surface area contributed by atoms with Crippen molar-refractivity contribution in [1.29, 1.82) is 0 Å². The first kappa shape index (κ1) is 30.0. The lowest BCUT2D eigenvalue weighted by molar-refractivity contribution is -0.123. The molecule has 240 valence electrons. The molecule has 3 amide bonds. The molecule has 2 saturated carbocycles. The fraction of sp³-hybridized carbons (Fsp3) is 0.333. The second-order valence-electron chi connectivity index (χ2n) is 12.7. The topological polar surface area (TPSA) is 118 Å². The van der Waals surface area contributed by atoms with Gasteiger partial charge in [-0.05, 0) is 85.5 Å². The number of nitrogens with one attached hydrogen (secondary N) is 2. The van der Waals surface area contributed by atoms with Gasteiger partial charge in [0.25, 0.3) is 5.91 Å². The van der Waals surface area contributed by atoms with E-state index in [1.54, 1.807) is 11.8 Å². The SMILES string of the molecule is CCOc1cc([C@H]2c3sc(=O)[nH]c3SC3C4CC(C5C(=O)N(c6ccccc6)C(=O)C45)C32)ccc1OCC(=O)Nc1cccc(C)c1. The number of thiazole rings is 1. The van der Waals surface area contributed by atoms with Gasteiger partial charge < -0.3 is 19.8 Å². The second-order valence-corrected chi connectivity index (χ2v) is 14.9. The first-order valence-electron chi connectivity index (χ1n) is 15.9. The van der Waals surface area contributed by atoms with Gasteiger partial charge in [0.1, 0.15) is 0 Å². The Morgan fingerprint density at radius 2 is 1.72 bits per heavy atom. The van der Waals surface area contributed by atoms with E-state index in [1.807, 2.05) is 86.6 Å². The standard InChI is InChI=1S/C36H33N3O6S2/c1-3-44-25-15-19(12-13-24(25)45-17-26(40)37-20-9-7-8-18(2)14-20)27-28-22-16-23(31(28)46-33-32(27)47-36(43)38-33)30-29(22)34(41)39(35(30)42)21-10-5-4-6-11-21/h4-15,22-23,27-31H,3,16-17H2,1-2H3,(H,37,40)(H,38,43)/t22?,23?,27-,28?,29?,30?,31?/m1/s1. The maximum Gasteiger partial charge on any atom is 0.305 e. The molecular weight excluding hydrogens is 635 g/mol. The maximum absolute atomic E-state index is 14.0. The molecular formula is C36H33N3O6S2. The summed E-state index contributed by atoms with van der Waals surface area (Å²) in [4.78, 5) is 58.5. The molecule has 2 aliphatic carbocycles. The van der Waals surface area contributed by atoms with Crippen LogP contribution in [0.3, 0.4) is 0 Å². The third-order valence-electron chi connectivity index (χ3n) is 10.0. The molecule has 0 spiro atoms. The van der Waals surface area contributed by atoms with Gasteiger partial charge >= 0.3 is 4.87 Å². The lowest BCUT2D eigenvalue weighted by Gasteiger charge is -2.43. The smallest absolute Gasteiger partial charge is 0.305 e. The van der Waals surface area contributed by atoms with Crippen molar-refractivity contribution < 1.29 is 23.9 Å². The van der Waals surface area contributed by atoms with Gasteiger partial charge in [0.15, 0.2) is 18.1 Å². The predicted molar refractivity (Wildman–Crippen MR) is 180 cm³/mol. The van der Waals surface area contributed by atoms with Crippen LogP contribution in [0.2, 0.25) is 0 Å². The van der Waals surface area contributed by atoms with E-state index in [0.717, 1.165) is 27.5 Å². The average molecular weight is 668 g/mol. The Morgan fingerprint density at radius 1 is 0.936 bits per heavy atom. The summed E-state index contributed by atoms with van der Waals surface area (Å²) in [5.41, 5.74) is 3.32. The highest BCUT2D eigenvalue weighted by atomic mass is 32.2. The van der Waals surface area contributed by atoms with Crippen LogP contribution in [0.1, 0.15) is 35.3 Å². The van der Waals surface area contributed by atoms with E-state index >= 15 is 0 Å². The fourth-order valence-electron chi connectivity index (χ4n) is 8.39. The minimum atomic E-state index is -0.379. The van der Waals surface area contributed by atoms with Crippen LogP contribution in [0.25, 0.3) is 0 Å². The number of ether oxygens (including phenoxy) is 2. The van der Waals surface area contributed by atoms with Crippen molar-refractivity contribution in [3.05, 3.63) is 98.5 Å². The van der Waals surface area contributed by atoms with Crippen molar-refractivity contribution >= 4 is 52.2 Å². The molecule has 11 heteroatoms. The monoisotopic (exact) mass is 667 g/mol. The first-order valence-corrected chi connectivity index (χ1v) is 17.6. The van der Waals surface area contributed by atoms with Crippen LogP contribution in [0.4, 0.5) is 11.4 Å². The van der Waals surface area contributed by atoms with Crippen LogP contribution in [0.15, 0.2) is 82.6 Å². The highest BCUT2D eigenvalue weighted by Crippen LogP contribution is 2.68. The number of aromatic nitrogens is 1. The predicted octanol–water partition coefficient (Wildman–Crippen LogP) is 5.84. The zero-order chi connectivity index (χ0) is 32.4. The summed E-state index contributed by atoms with van der Waals surface area (Å²) < 4.78 is 12.0. The Morgan fingerprint density at radius 3 is 2.49 bits per heavy atom. The van der Waals surface area contributed by atoms with Gasteiger partial charge in [0.2, 0.25) is 11.8 Å². The maximum atomic E-state index is 14.0. The van der Waals surface area contributed by atoms with Crippen LogP contribution in [-0.2, 0) is 14.4 Å². The number of nitrogens with zero attached hydrogens (tertiary/aromatic N) is 1. The molecule has 47 heavy (non-hydrogen) atoms. The number of fused-ring (bicyclic) bond motifs is 9. The van der Waals surface area contributed by atoms with Crippen molar-refractivity contribution in [2.24, 2.45) is 29.6 Å². The number of amides is 3. The third-order valence-corrected chi connectivity index (χ3v) is 12.6. The van der Waals surface area contributed by atoms with Gasteiger partial charge in [-0.1, -0.05) is 47.7 Å². The van der Waals surface area contributed by atoms with Crippen LogP contribution in [0, 0.1) is 36.5 Å². The Hall–Kier alpha value is -4.35. The summed E-state index contributed by atoms with van der Waals surface area (Å²) in [5, 5.41) is 3.79. The molecule has 2 aliphatic heterocycles. The number of carbonyl (C=O) groups is 3. The second kappa shape index (κ2) is 11.7. The molecule has 3 aromatic carbocycles. The number of aryl methyl sites for hydroxylation is 1. The first-order chi connectivity index (χ1) is 22.8. The van der Waals surface area contributed by atoms with E-state index in [0.29, 0.717) is 29.5 Å². The van der Waals surface area contributed by atoms with E-state index < -0.39 is 0 Å². The highest BCUT2D eigenvalue weighted by Gasteiger charge is 2.69. The molecule has 2 bridgehead atoms. The Balaban J connectivity index is 1.10. The van der Waals surface area contributed by atoms with Gasteiger partial charge in [0.05, 0.1) is 29.2 Å². The minimum absolute atomic E-state index is 0.000182. The van der Waals surface area contributed by atoms with Crippen molar-refractivity contribution in [2.45, 2.75) is 36.5 Å². The molecule has 2 N–H and O–H groups in total. The van der Waals surface area contributed by atoms with Gasteiger partial charge in [-0.15, -0.1) is 11.8 Å². The Labute approximate surface area is 279 Å². The Bertz CT molecular complexity index is 1960. The largest absolute Gasteiger partial charge is 0.490 e. The highest BCUT2D eigenvalue weighted by molar-refractivity contribution is 8.00. The van der Waals surface area contributed by atoms with Crippen LogP contribution >= 0.6 is 23.1 Å². The minimum Gasteiger partial charge on any atom is -0.490 e. The summed E-state index contributed by atoms with van der Waals surface area (Å²) in [5.74, 6) is -0.357. The number of rotatable bonds is 8. The van der Waals surface area contributed by atoms with Crippen LogP contribution < -0.4 is 24.6 Å². The van der Waals surface area contributed by atoms with Gasteiger partial charge in [-0.25, -0.2) is 0 Å². The summed E-state index contributed by atoms with van der Waals surface area (Å²) in [6, 6.07) is 22.5. The van der Waals surface area contributed by atoms with Gasteiger partial charge in [0, 0.05) is 21.7 Å². The number of thioether (sulfide) groups is 1. The van der Waals surface area contributed by atoms with E-state index in [1.165, 1.54) is 16.2 Å². The zero-order valence-electron chi connectivity index (χ0n) is 25.8. The number of hydrogen-bond acceptors (Lipinski definition) is 8. The Kier molecular flexibility index (Phi) is 7.48. The van der Waals surface area contributed by atoms with Gasteiger partial charge in [-0.2, -0.15) is 0 Å². The molecule has 8 rings (SSSR count). The number of aromatic amines is 1. The number of H-pyrrole nitrogens is 1. The summed E-state index contributed by atoms with van der Waals surface area (Å²) in [7, 11) is 0. The molecule has 6 unspecified atom stereocenters. The molecule has 4 aromatic rings. The summed E-state index contributed by atoms with van der Waals surface area (Å²) >= 11 is 2.88. The lowest BCUT2D eigenvalue weighted by Crippen LogP contribution is -2.42. The average Bonchev–Trinajstić information content (AvgIpc) is 3.79. The number of hydrogen-bond donors (Lipinski definition) is 2. The summed E-state index contributed by atoms with van der Waals surface area (Å²) in [6.45, 7) is 4.05. The van der Waals surface area contributed by atoms with Crippen molar-refractivity contribution in [1.82, 2.24) is 4.98 Å².